The molecule has 0 radical (unpaired) electrons. The summed E-state index contributed by atoms with van der Waals surface area (Å²) in [6.07, 6.45) is -3.36. The van der Waals surface area contributed by atoms with Crippen LogP contribution in [0.15, 0.2) is 0 Å². The van der Waals surface area contributed by atoms with Crippen molar-refractivity contribution in [3.8, 4) is 0 Å². The van der Waals surface area contributed by atoms with Crippen LogP contribution in [0.2, 0.25) is 0 Å². The Balaban J connectivity index is 2.31. The van der Waals surface area contributed by atoms with Crippen LogP contribution in [0.4, 0.5) is 0 Å². The molecule has 0 aromatic heterocycles. The van der Waals surface area contributed by atoms with E-state index in [9.17, 15) is 20.1 Å². The molecule has 1 heterocycles. The van der Waals surface area contributed by atoms with E-state index in [1.807, 2.05) is 0 Å². The lowest BCUT2D eigenvalue weighted by Gasteiger charge is -2.36. The fraction of sp³-hybridized carbons (Fsp3) is 0.923. The van der Waals surface area contributed by atoms with Crippen LogP contribution in [0.3, 0.4) is 0 Å². The molecule has 1 saturated heterocycles. The van der Waals surface area contributed by atoms with Gasteiger partial charge in [0.05, 0.1) is 30.8 Å². The van der Waals surface area contributed by atoms with Gasteiger partial charge in [-0.25, -0.2) is 0 Å². The molecule has 4 N–H and O–H groups in total. The summed E-state index contributed by atoms with van der Waals surface area (Å²) < 4.78 is 10.9. The van der Waals surface area contributed by atoms with E-state index < -0.39 is 36.7 Å². The van der Waals surface area contributed by atoms with Gasteiger partial charge in [-0.15, -0.1) is 0 Å². The lowest BCUT2D eigenvalue weighted by atomic mass is 10.0. The molecule has 0 amide bonds. The molecule has 0 spiro atoms. The van der Waals surface area contributed by atoms with Gasteiger partial charge in [0.2, 0.25) is 0 Å². The second-order valence-electron chi connectivity index (χ2n) is 5.36. The number of rotatable bonds is 7. The Morgan fingerprint density at radius 2 is 2.00 bits per heavy atom. The SMILES string of the molecule is C[C@H](CC[C@H](O)CC(=O)O)O[C@@H]1O[C@@H](C)[C@H](O)C[C@H]1O. The molecular weight excluding hydrogens is 268 g/mol. The Kier molecular flexibility index (Phi) is 6.84. The maximum Gasteiger partial charge on any atom is 0.305 e. The topological polar surface area (TPSA) is 116 Å². The van der Waals surface area contributed by atoms with Gasteiger partial charge in [-0.3, -0.25) is 4.79 Å². The summed E-state index contributed by atoms with van der Waals surface area (Å²) in [5, 5.41) is 37.3. The fourth-order valence-corrected chi connectivity index (χ4v) is 2.09. The summed E-state index contributed by atoms with van der Waals surface area (Å²) >= 11 is 0. The second-order valence-corrected chi connectivity index (χ2v) is 5.36. The maximum atomic E-state index is 10.4. The summed E-state index contributed by atoms with van der Waals surface area (Å²) in [5.41, 5.74) is 0. The lowest BCUT2D eigenvalue weighted by molar-refractivity contribution is -0.273. The smallest absolute Gasteiger partial charge is 0.305 e. The van der Waals surface area contributed by atoms with Crippen LogP contribution >= 0.6 is 0 Å². The van der Waals surface area contributed by atoms with E-state index >= 15 is 0 Å². The number of carboxylic acid groups (broad SMARTS) is 1. The average Bonchev–Trinajstić information content (AvgIpc) is 2.32. The number of aliphatic hydroxyl groups excluding tert-OH is 3. The van der Waals surface area contributed by atoms with Crippen molar-refractivity contribution < 1.29 is 34.7 Å². The van der Waals surface area contributed by atoms with Gasteiger partial charge in [0.1, 0.15) is 6.10 Å². The van der Waals surface area contributed by atoms with Gasteiger partial charge in [0.25, 0.3) is 0 Å². The van der Waals surface area contributed by atoms with E-state index in [0.29, 0.717) is 12.8 Å². The first-order chi connectivity index (χ1) is 9.29. The van der Waals surface area contributed by atoms with Crippen LogP contribution in [0.25, 0.3) is 0 Å². The molecule has 0 aromatic rings. The Morgan fingerprint density at radius 1 is 1.35 bits per heavy atom. The van der Waals surface area contributed by atoms with Gasteiger partial charge < -0.3 is 29.9 Å². The molecule has 0 saturated carbocycles. The number of hydrogen-bond donors (Lipinski definition) is 4. The van der Waals surface area contributed by atoms with Crippen LogP contribution < -0.4 is 0 Å². The van der Waals surface area contributed by atoms with Crippen LogP contribution in [-0.2, 0) is 14.3 Å². The number of carboxylic acids is 1. The van der Waals surface area contributed by atoms with E-state index in [2.05, 4.69) is 0 Å². The zero-order chi connectivity index (χ0) is 15.3. The van der Waals surface area contributed by atoms with Gasteiger partial charge in [0.15, 0.2) is 6.29 Å². The molecule has 0 unspecified atom stereocenters. The highest BCUT2D eigenvalue weighted by molar-refractivity contribution is 5.67. The summed E-state index contributed by atoms with van der Waals surface area (Å²) in [6.45, 7) is 3.47. The summed E-state index contributed by atoms with van der Waals surface area (Å²) in [7, 11) is 0. The number of hydrogen-bond acceptors (Lipinski definition) is 6. The Labute approximate surface area is 118 Å². The van der Waals surface area contributed by atoms with E-state index in [1.54, 1.807) is 13.8 Å². The Morgan fingerprint density at radius 3 is 2.60 bits per heavy atom. The van der Waals surface area contributed by atoms with Crippen molar-refractivity contribution >= 4 is 5.97 Å². The maximum absolute atomic E-state index is 10.4. The highest BCUT2D eigenvalue weighted by atomic mass is 16.7. The zero-order valence-corrected chi connectivity index (χ0v) is 11.8. The molecule has 0 aliphatic carbocycles. The zero-order valence-electron chi connectivity index (χ0n) is 11.8. The molecule has 6 atom stereocenters. The Bertz CT molecular complexity index is 309. The predicted molar refractivity (Wildman–Crippen MR) is 69.0 cm³/mol. The van der Waals surface area contributed by atoms with E-state index in [4.69, 9.17) is 14.6 Å². The summed E-state index contributed by atoms with van der Waals surface area (Å²) in [4.78, 5) is 10.4. The molecule has 7 heteroatoms. The van der Waals surface area contributed by atoms with Crippen molar-refractivity contribution in [3.63, 3.8) is 0 Å². The largest absolute Gasteiger partial charge is 0.481 e. The third-order valence-corrected chi connectivity index (χ3v) is 3.37. The van der Waals surface area contributed by atoms with Gasteiger partial charge >= 0.3 is 5.97 Å². The molecule has 7 nitrogen and oxygen atoms in total. The molecule has 1 aliphatic rings. The highest BCUT2D eigenvalue weighted by Crippen LogP contribution is 2.23. The van der Waals surface area contributed by atoms with Crippen molar-refractivity contribution in [3.05, 3.63) is 0 Å². The molecule has 118 valence electrons. The number of carbonyl (C=O) groups is 1. The minimum Gasteiger partial charge on any atom is -0.481 e. The standard InChI is InChI=1S/C13H24O7/c1-7(3-4-9(14)5-12(17)18)19-13-11(16)6-10(15)8(2)20-13/h7-11,13-16H,3-6H2,1-2H3,(H,17,18)/t7-,8+,9+,10-,11-,13-/m1/s1. The fourth-order valence-electron chi connectivity index (χ4n) is 2.09. The first-order valence-corrected chi connectivity index (χ1v) is 6.86. The average molecular weight is 292 g/mol. The molecule has 20 heavy (non-hydrogen) atoms. The lowest BCUT2D eigenvalue weighted by Crippen LogP contribution is -2.48. The normalized spacial score (nSPS) is 33.6. The molecular formula is C13H24O7. The molecule has 1 fully saturated rings. The van der Waals surface area contributed by atoms with Crippen LogP contribution in [0.1, 0.15) is 39.5 Å². The van der Waals surface area contributed by atoms with Crippen LogP contribution in [0, 0.1) is 0 Å². The summed E-state index contributed by atoms with van der Waals surface area (Å²) in [5.74, 6) is -1.04. The first-order valence-electron chi connectivity index (χ1n) is 6.86. The number of aliphatic carboxylic acids is 1. The number of aliphatic hydroxyl groups is 3. The summed E-state index contributed by atoms with van der Waals surface area (Å²) in [6, 6.07) is 0. The molecule has 1 rings (SSSR count). The van der Waals surface area contributed by atoms with Gasteiger partial charge in [-0.2, -0.15) is 0 Å². The highest BCUT2D eigenvalue weighted by Gasteiger charge is 2.35. The monoisotopic (exact) mass is 292 g/mol. The van der Waals surface area contributed by atoms with Crippen molar-refractivity contribution in [2.45, 2.75) is 76.3 Å². The third kappa shape index (κ3) is 5.72. The van der Waals surface area contributed by atoms with Gasteiger partial charge in [-0.1, -0.05) is 0 Å². The van der Waals surface area contributed by atoms with Crippen molar-refractivity contribution in [2.24, 2.45) is 0 Å². The van der Waals surface area contributed by atoms with Crippen molar-refractivity contribution in [1.82, 2.24) is 0 Å². The van der Waals surface area contributed by atoms with Crippen LogP contribution in [0.5, 0.6) is 0 Å². The molecule has 0 aromatic carbocycles. The van der Waals surface area contributed by atoms with E-state index in [-0.39, 0.29) is 18.9 Å². The van der Waals surface area contributed by atoms with E-state index in [0.717, 1.165) is 0 Å². The first kappa shape index (κ1) is 17.3. The van der Waals surface area contributed by atoms with E-state index in [1.165, 1.54) is 0 Å². The second kappa shape index (κ2) is 7.90. The van der Waals surface area contributed by atoms with Crippen molar-refractivity contribution in [2.75, 3.05) is 0 Å². The Hall–Kier alpha value is -0.730. The molecule has 0 bridgehead atoms. The van der Waals surface area contributed by atoms with Gasteiger partial charge in [-0.05, 0) is 26.7 Å². The minimum absolute atomic E-state index is 0.195. The number of ether oxygens (including phenoxy) is 2. The van der Waals surface area contributed by atoms with Crippen molar-refractivity contribution in [1.29, 1.82) is 0 Å². The predicted octanol–water partition coefficient (Wildman–Crippen LogP) is -0.136. The van der Waals surface area contributed by atoms with Gasteiger partial charge in [0, 0.05) is 6.42 Å². The minimum atomic E-state index is -1.04. The van der Waals surface area contributed by atoms with Crippen LogP contribution in [-0.4, -0.2) is 63.2 Å². The molecule has 1 aliphatic heterocycles. The third-order valence-electron chi connectivity index (χ3n) is 3.37. The quantitative estimate of drug-likeness (QED) is 0.516.